The highest BCUT2D eigenvalue weighted by atomic mass is 32.1. The monoisotopic (exact) mass is 210 g/mol. The Balaban J connectivity index is 2.21. The van der Waals surface area contributed by atoms with Crippen LogP contribution in [0.3, 0.4) is 0 Å². The second-order valence-electron chi connectivity index (χ2n) is 2.52. The van der Waals surface area contributed by atoms with Crippen molar-refractivity contribution in [2.24, 2.45) is 0 Å². The molecule has 2 N–H and O–H groups in total. The Morgan fingerprint density at radius 3 is 3.21 bits per heavy atom. The maximum atomic E-state index is 10.3. The number of fused-ring (bicyclic) bond motifs is 1. The van der Waals surface area contributed by atoms with Crippen molar-refractivity contribution < 1.29 is 9.90 Å². The predicted octanol–water partition coefficient (Wildman–Crippen LogP) is 0.583. The van der Waals surface area contributed by atoms with Crippen LogP contribution < -0.4 is 5.32 Å². The average molecular weight is 210 g/mol. The van der Waals surface area contributed by atoms with Gasteiger partial charge in [0, 0.05) is 0 Å². The minimum atomic E-state index is -0.947. The number of hydrogen-bond acceptors (Lipinski definition) is 6. The van der Waals surface area contributed by atoms with Crippen LogP contribution in [-0.4, -0.2) is 32.0 Å². The second kappa shape index (κ2) is 3.54. The molecule has 7 heteroatoms. The van der Waals surface area contributed by atoms with Crippen LogP contribution in [-0.2, 0) is 4.79 Å². The van der Waals surface area contributed by atoms with Crippen LogP contribution in [0.15, 0.2) is 12.4 Å². The van der Waals surface area contributed by atoms with Crippen molar-refractivity contribution >= 4 is 33.7 Å². The summed E-state index contributed by atoms with van der Waals surface area (Å²) in [4.78, 5) is 18.3. The van der Waals surface area contributed by atoms with Crippen molar-refractivity contribution in [1.29, 1.82) is 0 Å². The third kappa shape index (κ3) is 1.77. The van der Waals surface area contributed by atoms with Gasteiger partial charge in [0.1, 0.15) is 12.1 Å². The van der Waals surface area contributed by atoms with E-state index in [1.54, 1.807) is 12.4 Å². The first-order valence-electron chi connectivity index (χ1n) is 3.79. The van der Waals surface area contributed by atoms with Crippen molar-refractivity contribution in [2.75, 3.05) is 11.9 Å². The van der Waals surface area contributed by atoms with E-state index in [4.69, 9.17) is 5.11 Å². The molecule has 2 aromatic rings. The summed E-state index contributed by atoms with van der Waals surface area (Å²) in [7, 11) is 0. The Bertz CT molecular complexity index is 469. The normalized spacial score (nSPS) is 10.3. The van der Waals surface area contributed by atoms with E-state index in [2.05, 4.69) is 19.7 Å². The molecule has 2 heterocycles. The summed E-state index contributed by atoms with van der Waals surface area (Å²) in [6.45, 7) is -0.191. The average Bonchev–Trinajstić information content (AvgIpc) is 2.61. The van der Waals surface area contributed by atoms with Gasteiger partial charge in [-0.3, -0.25) is 4.79 Å². The molecule has 0 amide bonds. The summed E-state index contributed by atoms with van der Waals surface area (Å²) in [6.07, 6.45) is 3.23. The number of carboxylic acids is 1. The van der Waals surface area contributed by atoms with Gasteiger partial charge >= 0.3 is 5.97 Å². The maximum Gasteiger partial charge on any atom is 0.322 e. The molecule has 14 heavy (non-hydrogen) atoms. The first-order valence-corrected chi connectivity index (χ1v) is 4.56. The third-order valence-electron chi connectivity index (χ3n) is 1.51. The van der Waals surface area contributed by atoms with E-state index in [0.29, 0.717) is 5.95 Å². The van der Waals surface area contributed by atoms with Crippen LogP contribution in [0.1, 0.15) is 0 Å². The molecule has 0 atom stereocenters. The van der Waals surface area contributed by atoms with E-state index in [-0.39, 0.29) is 6.54 Å². The summed E-state index contributed by atoms with van der Waals surface area (Å²) in [6, 6.07) is 0. The van der Waals surface area contributed by atoms with E-state index in [1.807, 2.05) is 0 Å². The first-order chi connectivity index (χ1) is 6.75. The first kappa shape index (κ1) is 8.82. The predicted molar refractivity (Wildman–Crippen MR) is 51.3 cm³/mol. The number of rotatable bonds is 3. The van der Waals surface area contributed by atoms with Crippen LogP contribution in [0.2, 0.25) is 0 Å². The van der Waals surface area contributed by atoms with Gasteiger partial charge in [-0.15, -0.1) is 0 Å². The van der Waals surface area contributed by atoms with Crippen molar-refractivity contribution in [2.45, 2.75) is 0 Å². The minimum absolute atomic E-state index is 0.191. The number of anilines is 1. The lowest BCUT2D eigenvalue weighted by atomic mass is 10.5. The van der Waals surface area contributed by atoms with E-state index >= 15 is 0 Å². The highest BCUT2D eigenvalue weighted by molar-refractivity contribution is 7.13. The zero-order chi connectivity index (χ0) is 9.97. The third-order valence-corrected chi connectivity index (χ3v) is 2.23. The number of aliphatic carboxylic acids is 1. The minimum Gasteiger partial charge on any atom is -0.480 e. The van der Waals surface area contributed by atoms with Gasteiger partial charge < -0.3 is 10.4 Å². The number of aromatic nitrogens is 3. The molecule has 0 spiro atoms. The molecule has 0 aliphatic heterocycles. The van der Waals surface area contributed by atoms with E-state index in [9.17, 15) is 4.79 Å². The summed E-state index contributed by atoms with van der Waals surface area (Å²) >= 11 is 1.30. The van der Waals surface area contributed by atoms with Crippen LogP contribution in [0.5, 0.6) is 0 Å². The van der Waals surface area contributed by atoms with Gasteiger partial charge in [-0.2, -0.15) is 4.37 Å². The van der Waals surface area contributed by atoms with E-state index < -0.39 is 5.97 Å². The molecule has 0 radical (unpaired) electrons. The molecular weight excluding hydrogens is 204 g/mol. The number of hydrogen-bond donors (Lipinski definition) is 2. The smallest absolute Gasteiger partial charge is 0.322 e. The fraction of sp³-hybridized carbons (Fsp3) is 0.143. The Morgan fingerprint density at radius 2 is 2.43 bits per heavy atom. The summed E-state index contributed by atoms with van der Waals surface area (Å²) < 4.78 is 4.81. The molecular formula is C7H6N4O2S. The number of carboxylic acid groups (broad SMARTS) is 1. The Hall–Kier alpha value is -1.76. The highest BCUT2D eigenvalue weighted by Crippen LogP contribution is 2.15. The molecule has 0 bridgehead atoms. The van der Waals surface area contributed by atoms with Crippen molar-refractivity contribution in [1.82, 2.24) is 14.3 Å². The van der Waals surface area contributed by atoms with Crippen LogP contribution in [0.4, 0.5) is 5.95 Å². The zero-order valence-electron chi connectivity index (χ0n) is 6.97. The van der Waals surface area contributed by atoms with E-state index in [1.165, 1.54) is 11.5 Å². The lowest BCUT2D eigenvalue weighted by Crippen LogP contribution is -2.13. The van der Waals surface area contributed by atoms with Gasteiger partial charge in [-0.25, -0.2) is 9.97 Å². The van der Waals surface area contributed by atoms with Gasteiger partial charge in [-0.05, 0) is 11.5 Å². The molecule has 0 aromatic carbocycles. The molecule has 0 fully saturated rings. The van der Waals surface area contributed by atoms with Gasteiger partial charge in [0.05, 0.1) is 17.1 Å². The van der Waals surface area contributed by atoms with Crippen molar-refractivity contribution in [3.8, 4) is 0 Å². The maximum absolute atomic E-state index is 10.3. The molecule has 72 valence electrons. The SMILES string of the molecule is O=C(O)CNc1ncc2sncc2n1. The van der Waals surface area contributed by atoms with Crippen LogP contribution in [0, 0.1) is 0 Å². The fourth-order valence-corrected chi connectivity index (χ4v) is 1.48. The summed E-state index contributed by atoms with van der Waals surface area (Å²) in [5, 5.41) is 11.0. The Morgan fingerprint density at radius 1 is 1.57 bits per heavy atom. The topological polar surface area (TPSA) is 88.0 Å². The second-order valence-corrected chi connectivity index (χ2v) is 3.35. The number of carbonyl (C=O) groups is 1. The molecule has 6 nitrogen and oxygen atoms in total. The molecule has 0 unspecified atom stereocenters. The standard InChI is InChI=1S/C7H6N4O2S/c12-6(13)3-9-7-8-2-5-4(11-7)1-10-14-5/h1-2H,3H2,(H,12,13)(H,8,9,11). The summed E-state index contributed by atoms with van der Waals surface area (Å²) in [5.74, 6) is -0.641. The number of nitrogens with zero attached hydrogens (tertiary/aromatic N) is 3. The van der Waals surface area contributed by atoms with Gasteiger partial charge in [0.2, 0.25) is 5.95 Å². The van der Waals surface area contributed by atoms with Gasteiger partial charge in [-0.1, -0.05) is 0 Å². The molecule has 0 saturated heterocycles. The van der Waals surface area contributed by atoms with E-state index in [0.717, 1.165) is 10.2 Å². The quantitative estimate of drug-likeness (QED) is 0.770. The molecule has 0 saturated carbocycles. The van der Waals surface area contributed by atoms with Crippen LogP contribution in [0.25, 0.3) is 10.2 Å². The highest BCUT2D eigenvalue weighted by Gasteiger charge is 2.02. The van der Waals surface area contributed by atoms with Gasteiger partial charge in [0.25, 0.3) is 0 Å². The fourth-order valence-electron chi connectivity index (χ4n) is 0.920. The van der Waals surface area contributed by atoms with Gasteiger partial charge in [0.15, 0.2) is 0 Å². The Labute approximate surface area is 82.8 Å². The lowest BCUT2D eigenvalue weighted by Gasteiger charge is -1.99. The zero-order valence-corrected chi connectivity index (χ0v) is 7.78. The lowest BCUT2D eigenvalue weighted by molar-refractivity contribution is -0.134. The molecule has 0 aliphatic carbocycles. The molecule has 2 aromatic heterocycles. The molecule has 0 aliphatic rings. The number of nitrogens with one attached hydrogen (secondary N) is 1. The Kier molecular flexibility index (Phi) is 2.23. The summed E-state index contributed by atoms with van der Waals surface area (Å²) in [5.41, 5.74) is 0.720. The largest absolute Gasteiger partial charge is 0.480 e. The van der Waals surface area contributed by atoms with Crippen LogP contribution >= 0.6 is 11.5 Å². The van der Waals surface area contributed by atoms with Crippen molar-refractivity contribution in [3.05, 3.63) is 12.4 Å². The van der Waals surface area contributed by atoms with Crippen molar-refractivity contribution in [3.63, 3.8) is 0 Å². The molecule has 2 rings (SSSR count).